The number of aromatic nitrogens is 2. The molecule has 0 saturated carbocycles. The predicted molar refractivity (Wildman–Crippen MR) is 162 cm³/mol. The summed E-state index contributed by atoms with van der Waals surface area (Å²) in [7, 11) is 0. The number of benzene rings is 6. The second kappa shape index (κ2) is 10.9. The minimum atomic E-state index is -0.0426. The summed E-state index contributed by atoms with van der Waals surface area (Å²) in [5.41, 5.74) is 4.05. The molecule has 192 valence electrons. The Balaban J connectivity index is 0.000000144. The summed E-state index contributed by atoms with van der Waals surface area (Å²) in [5, 5.41) is 29.5. The quantitative estimate of drug-likeness (QED) is 0.236. The van der Waals surface area contributed by atoms with Crippen LogP contribution in [-0.2, 0) is 0 Å². The van der Waals surface area contributed by atoms with Crippen molar-refractivity contribution in [3.05, 3.63) is 121 Å². The number of oxazole rings is 1. The number of H-pyrrole nitrogens is 2. The standard InChI is InChI=1S/C17H11NO2.C17H11NOS.Be/c2*19-14-10-9-11-5-1-2-6-12(11)16(14)17-18-13-7-3-4-8-15(13)20-17;/h2*1-10,19H;/q;;+2. The van der Waals surface area contributed by atoms with E-state index in [0.717, 1.165) is 53.4 Å². The molecule has 6 aromatic carbocycles. The van der Waals surface area contributed by atoms with Gasteiger partial charge in [-0.1, -0.05) is 120 Å². The van der Waals surface area contributed by atoms with Gasteiger partial charge in [0.05, 0.1) is 11.1 Å². The van der Waals surface area contributed by atoms with Gasteiger partial charge in [-0.15, -0.1) is 0 Å². The van der Waals surface area contributed by atoms with Crippen LogP contribution < -0.4 is 20.2 Å². The Labute approximate surface area is 243 Å². The summed E-state index contributed by atoms with van der Waals surface area (Å²) in [6.45, 7) is 0. The Bertz CT molecular complexity index is 1950. The van der Waals surface area contributed by atoms with Crippen molar-refractivity contribution in [2.75, 3.05) is 0 Å². The van der Waals surface area contributed by atoms with Crippen LogP contribution in [0.4, 0.5) is 0 Å². The summed E-state index contributed by atoms with van der Waals surface area (Å²) >= 11 is 1.62. The number of fused-ring (bicyclic) bond motifs is 4. The first-order valence-corrected chi connectivity index (χ1v) is 13.7. The van der Waals surface area contributed by atoms with Gasteiger partial charge in [-0.05, 0) is 33.7 Å². The molecule has 0 radical (unpaired) electrons. The van der Waals surface area contributed by atoms with Crippen LogP contribution in [0.3, 0.4) is 0 Å². The maximum Gasteiger partial charge on any atom is 2.00 e. The normalized spacial score (nSPS) is 10.9. The van der Waals surface area contributed by atoms with Gasteiger partial charge >= 0.3 is 16.0 Å². The first-order chi connectivity index (χ1) is 19.7. The fourth-order valence-electron chi connectivity index (χ4n) is 5.03. The van der Waals surface area contributed by atoms with Crippen molar-refractivity contribution in [1.29, 1.82) is 0 Å². The largest absolute Gasteiger partial charge is 2.00 e. The van der Waals surface area contributed by atoms with E-state index in [4.69, 9.17) is 4.42 Å². The molecule has 0 aliphatic heterocycles. The molecular weight excluding hydrogens is 525 g/mol. The molecule has 2 N–H and O–H groups in total. The third-order valence-electron chi connectivity index (χ3n) is 6.93. The van der Waals surface area contributed by atoms with E-state index in [2.05, 4.69) is 16.0 Å². The summed E-state index contributed by atoms with van der Waals surface area (Å²) in [6.07, 6.45) is 0. The van der Waals surface area contributed by atoms with Gasteiger partial charge in [0, 0.05) is 12.1 Å². The van der Waals surface area contributed by atoms with Crippen LogP contribution in [0, 0.1) is 0 Å². The van der Waals surface area contributed by atoms with Gasteiger partial charge in [-0.3, -0.25) is 0 Å². The van der Waals surface area contributed by atoms with Crippen LogP contribution >= 0.6 is 11.3 Å². The van der Waals surface area contributed by atoms with Gasteiger partial charge in [-0.25, -0.2) is 0 Å². The van der Waals surface area contributed by atoms with Gasteiger partial charge in [0.25, 0.3) is 5.01 Å². The molecule has 2 aromatic heterocycles. The van der Waals surface area contributed by atoms with Crippen molar-refractivity contribution in [1.82, 2.24) is 0 Å². The number of hydrogen-bond acceptors (Lipinski definition) is 4. The number of thiazole rings is 1. The Kier molecular flexibility index (Phi) is 6.94. The minimum absolute atomic E-state index is 0. The molecule has 0 spiro atoms. The van der Waals surface area contributed by atoms with E-state index in [-0.39, 0.29) is 21.6 Å². The first-order valence-electron chi connectivity index (χ1n) is 12.9. The molecular formula is C34H22BeN2O3S+2. The smallest absolute Gasteiger partial charge is 0.872 e. The van der Waals surface area contributed by atoms with E-state index in [1.807, 2.05) is 103 Å². The van der Waals surface area contributed by atoms with Crippen LogP contribution in [0.15, 0.2) is 126 Å². The Morgan fingerprint density at radius 3 is 1.78 bits per heavy atom. The molecule has 0 aliphatic rings. The average Bonchev–Trinajstić information content (AvgIpc) is 3.61. The number of aromatic amines is 2. The second-order valence-corrected chi connectivity index (χ2v) is 10.5. The molecule has 41 heavy (non-hydrogen) atoms. The second-order valence-electron chi connectivity index (χ2n) is 9.42. The van der Waals surface area contributed by atoms with E-state index in [9.17, 15) is 10.2 Å². The van der Waals surface area contributed by atoms with E-state index in [1.165, 1.54) is 0 Å². The maximum atomic E-state index is 12.3. The molecule has 0 aliphatic carbocycles. The Morgan fingerprint density at radius 2 is 1.10 bits per heavy atom. The molecule has 0 fully saturated rings. The summed E-state index contributed by atoms with van der Waals surface area (Å²) in [6, 6.07) is 38.5. The first kappa shape index (κ1) is 26.2. The molecule has 0 saturated heterocycles. The van der Waals surface area contributed by atoms with Crippen LogP contribution in [0.5, 0.6) is 11.5 Å². The Morgan fingerprint density at radius 1 is 0.537 bits per heavy atom. The van der Waals surface area contributed by atoms with E-state index < -0.39 is 0 Å². The SMILES string of the molecule is [Be+2].[O-]c1ccc2ccccc2c1-c1[nH+]c2ccccc2o1.[O-]c1ccc2ccccc2c1-c1[nH+]c2ccccc2s1. The molecule has 0 unspecified atom stereocenters. The molecule has 2 heterocycles. The van der Waals surface area contributed by atoms with Crippen LogP contribution in [-0.4, -0.2) is 10.1 Å². The van der Waals surface area contributed by atoms with E-state index in [0.29, 0.717) is 11.5 Å². The number of rotatable bonds is 2. The molecule has 0 bridgehead atoms. The third-order valence-corrected chi connectivity index (χ3v) is 8.02. The van der Waals surface area contributed by atoms with Crippen LogP contribution in [0.1, 0.15) is 0 Å². The van der Waals surface area contributed by atoms with Gasteiger partial charge in [-0.2, -0.15) is 9.97 Å². The van der Waals surface area contributed by atoms with Gasteiger partial charge in [0.1, 0.15) is 4.70 Å². The summed E-state index contributed by atoms with van der Waals surface area (Å²) in [4.78, 5) is 6.54. The zero-order chi connectivity index (χ0) is 27.1. The number of nitrogens with one attached hydrogen (secondary N) is 2. The predicted octanol–water partition coefficient (Wildman–Crippen LogP) is 6.37. The van der Waals surface area contributed by atoms with Crippen molar-refractivity contribution in [2.24, 2.45) is 0 Å². The average molecular weight is 548 g/mol. The molecule has 8 rings (SSSR count). The van der Waals surface area contributed by atoms with Crippen molar-refractivity contribution in [3.8, 4) is 33.5 Å². The molecule has 0 atom stereocenters. The number of hydrogen-bond donors (Lipinski definition) is 0. The van der Waals surface area contributed by atoms with Crippen molar-refractivity contribution < 1.29 is 24.6 Å². The molecule has 5 nitrogen and oxygen atoms in total. The van der Waals surface area contributed by atoms with Crippen LogP contribution in [0.25, 0.3) is 64.9 Å². The van der Waals surface area contributed by atoms with Gasteiger partial charge < -0.3 is 14.6 Å². The van der Waals surface area contributed by atoms with Crippen molar-refractivity contribution in [3.63, 3.8) is 0 Å². The van der Waals surface area contributed by atoms with Gasteiger partial charge in [0.15, 0.2) is 0 Å². The zero-order valence-electron chi connectivity index (χ0n) is 21.9. The summed E-state index contributed by atoms with van der Waals surface area (Å²) < 4.78 is 6.95. The van der Waals surface area contributed by atoms with Gasteiger partial charge in [0.2, 0.25) is 16.6 Å². The fraction of sp³-hybridized carbons (Fsp3) is 0. The zero-order valence-corrected chi connectivity index (χ0v) is 22.7. The molecule has 7 heteroatoms. The van der Waals surface area contributed by atoms with Crippen molar-refractivity contribution in [2.45, 2.75) is 0 Å². The third kappa shape index (κ3) is 4.80. The topological polar surface area (TPSA) is 87.5 Å². The molecule has 0 amide bonds. The fourth-order valence-corrected chi connectivity index (χ4v) is 6.10. The summed E-state index contributed by atoms with van der Waals surface area (Å²) in [5.74, 6) is 0.526. The number of para-hydroxylation sites is 3. The monoisotopic (exact) mass is 547 g/mol. The van der Waals surface area contributed by atoms with E-state index in [1.54, 1.807) is 23.5 Å². The Hall–Kier alpha value is -5.03. The maximum absolute atomic E-state index is 12.3. The van der Waals surface area contributed by atoms with Crippen molar-refractivity contribution >= 4 is 64.3 Å². The van der Waals surface area contributed by atoms with E-state index >= 15 is 0 Å². The molecule has 8 aromatic rings. The minimum Gasteiger partial charge on any atom is -0.872 e. The van der Waals surface area contributed by atoms with Crippen LogP contribution in [0.2, 0.25) is 0 Å².